The Hall–Kier alpha value is -1.06. The van der Waals surface area contributed by atoms with Gasteiger partial charge in [-0.1, -0.05) is 32.6 Å². The van der Waals surface area contributed by atoms with Crippen molar-refractivity contribution in [1.29, 1.82) is 0 Å². The molecule has 2 N–H and O–H groups in total. The summed E-state index contributed by atoms with van der Waals surface area (Å²) in [5.41, 5.74) is -0.0663. The van der Waals surface area contributed by atoms with Crippen LogP contribution in [0.1, 0.15) is 59.8 Å². The summed E-state index contributed by atoms with van der Waals surface area (Å²) in [6.07, 6.45) is 5.60. The van der Waals surface area contributed by atoms with Gasteiger partial charge in [0.15, 0.2) is 5.96 Å². The monoisotopic (exact) mass is 239 g/mol. The Morgan fingerprint density at radius 3 is 2.59 bits per heavy atom. The van der Waals surface area contributed by atoms with E-state index in [1.54, 1.807) is 0 Å². The number of unbranched alkanes of at least 4 members (excludes halogenated alkanes) is 3. The molecule has 1 atom stereocenters. The van der Waals surface area contributed by atoms with Crippen molar-refractivity contribution in [3.63, 3.8) is 0 Å². The van der Waals surface area contributed by atoms with Crippen molar-refractivity contribution in [3.8, 4) is 0 Å². The molecular formula is C13H25N3O. The molecule has 98 valence electrons. The molecule has 1 heterocycles. The van der Waals surface area contributed by atoms with Gasteiger partial charge in [0.25, 0.3) is 5.91 Å². The predicted molar refractivity (Wildman–Crippen MR) is 71.0 cm³/mol. The van der Waals surface area contributed by atoms with Crippen LogP contribution in [0.15, 0.2) is 4.99 Å². The van der Waals surface area contributed by atoms with Crippen LogP contribution in [-0.4, -0.2) is 23.4 Å². The Morgan fingerprint density at radius 2 is 2.00 bits per heavy atom. The summed E-state index contributed by atoms with van der Waals surface area (Å²) in [5.74, 6) is 0.663. The molecule has 0 saturated carbocycles. The maximum atomic E-state index is 11.7. The molecule has 1 unspecified atom stereocenters. The highest BCUT2D eigenvalue weighted by atomic mass is 16.2. The van der Waals surface area contributed by atoms with Gasteiger partial charge in [0, 0.05) is 5.54 Å². The van der Waals surface area contributed by atoms with Crippen LogP contribution in [0.2, 0.25) is 0 Å². The fourth-order valence-corrected chi connectivity index (χ4v) is 1.83. The second kappa shape index (κ2) is 6.03. The van der Waals surface area contributed by atoms with E-state index in [1.807, 2.05) is 0 Å². The lowest BCUT2D eigenvalue weighted by molar-refractivity contribution is -0.120. The second-order valence-corrected chi connectivity index (χ2v) is 5.71. The van der Waals surface area contributed by atoms with Gasteiger partial charge in [-0.15, -0.1) is 0 Å². The Morgan fingerprint density at radius 1 is 1.29 bits per heavy atom. The molecule has 1 rings (SSSR count). The van der Waals surface area contributed by atoms with E-state index in [1.165, 1.54) is 19.3 Å². The number of nitrogens with zero attached hydrogens (tertiary/aromatic N) is 1. The SMILES string of the molecule is CCCCCCC1N=C(NC(C)(C)C)NC1=O. The van der Waals surface area contributed by atoms with E-state index < -0.39 is 0 Å². The van der Waals surface area contributed by atoms with Gasteiger partial charge in [-0.2, -0.15) is 0 Å². The maximum absolute atomic E-state index is 11.7. The normalized spacial score (nSPS) is 20.1. The summed E-state index contributed by atoms with van der Waals surface area (Å²) in [6.45, 7) is 8.34. The van der Waals surface area contributed by atoms with Crippen LogP contribution >= 0.6 is 0 Å². The number of carbonyl (C=O) groups excluding carboxylic acids is 1. The fraction of sp³-hybridized carbons (Fsp3) is 0.846. The average Bonchev–Trinajstić information content (AvgIpc) is 2.51. The molecule has 1 aliphatic heterocycles. The van der Waals surface area contributed by atoms with Gasteiger partial charge in [0.1, 0.15) is 6.04 Å². The first kappa shape index (κ1) is 14.0. The number of amides is 1. The third-order valence-electron chi connectivity index (χ3n) is 2.65. The fourth-order valence-electron chi connectivity index (χ4n) is 1.83. The number of carbonyl (C=O) groups is 1. The molecule has 1 amide bonds. The third-order valence-corrected chi connectivity index (χ3v) is 2.65. The van der Waals surface area contributed by atoms with Gasteiger partial charge in [-0.25, -0.2) is 4.99 Å². The van der Waals surface area contributed by atoms with Crippen molar-refractivity contribution in [2.24, 2.45) is 4.99 Å². The second-order valence-electron chi connectivity index (χ2n) is 5.71. The minimum absolute atomic E-state index is 0.0354. The average molecular weight is 239 g/mol. The number of aliphatic imine (C=N–C) groups is 1. The van der Waals surface area contributed by atoms with Gasteiger partial charge < -0.3 is 5.32 Å². The zero-order valence-corrected chi connectivity index (χ0v) is 11.5. The number of hydrogen-bond acceptors (Lipinski definition) is 3. The summed E-state index contributed by atoms with van der Waals surface area (Å²) in [5, 5.41) is 6.00. The molecule has 0 radical (unpaired) electrons. The predicted octanol–water partition coefficient (Wildman–Crippen LogP) is 2.20. The van der Waals surface area contributed by atoms with Crippen LogP contribution in [-0.2, 0) is 4.79 Å². The van der Waals surface area contributed by atoms with Gasteiger partial charge in [-0.05, 0) is 27.2 Å². The van der Waals surface area contributed by atoms with E-state index in [0.717, 1.165) is 12.8 Å². The van der Waals surface area contributed by atoms with Crippen molar-refractivity contribution in [2.45, 2.75) is 71.4 Å². The highest BCUT2D eigenvalue weighted by molar-refractivity contribution is 6.04. The summed E-state index contributed by atoms with van der Waals surface area (Å²) >= 11 is 0. The number of hydrogen-bond donors (Lipinski definition) is 2. The lowest BCUT2D eigenvalue weighted by Crippen LogP contribution is -2.46. The van der Waals surface area contributed by atoms with Crippen LogP contribution < -0.4 is 10.6 Å². The molecule has 17 heavy (non-hydrogen) atoms. The largest absolute Gasteiger partial charge is 0.351 e. The zero-order chi connectivity index (χ0) is 12.9. The minimum Gasteiger partial charge on any atom is -0.351 e. The molecule has 0 fully saturated rings. The molecule has 0 aromatic rings. The van der Waals surface area contributed by atoms with Crippen molar-refractivity contribution in [1.82, 2.24) is 10.6 Å². The van der Waals surface area contributed by atoms with Crippen LogP contribution in [0.3, 0.4) is 0 Å². The molecule has 0 aliphatic carbocycles. The number of nitrogens with one attached hydrogen (secondary N) is 2. The van der Waals surface area contributed by atoms with Crippen molar-refractivity contribution in [3.05, 3.63) is 0 Å². The van der Waals surface area contributed by atoms with E-state index in [2.05, 4.69) is 43.3 Å². The Balaban J connectivity index is 2.38. The molecule has 0 saturated heterocycles. The molecule has 4 nitrogen and oxygen atoms in total. The Labute approximate surface area is 104 Å². The van der Waals surface area contributed by atoms with Crippen molar-refractivity contribution >= 4 is 11.9 Å². The first-order valence-corrected chi connectivity index (χ1v) is 6.59. The lowest BCUT2D eigenvalue weighted by Gasteiger charge is -2.21. The summed E-state index contributed by atoms with van der Waals surface area (Å²) < 4.78 is 0. The standard InChI is InChI=1S/C13H25N3O/c1-5-6-7-8-9-10-11(17)15-12(14-10)16-13(2,3)4/h10H,5-9H2,1-4H3,(H2,14,15,16,17). The van der Waals surface area contributed by atoms with Crippen LogP contribution in [0.25, 0.3) is 0 Å². The Bertz CT molecular complexity index is 292. The van der Waals surface area contributed by atoms with Crippen LogP contribution in [0, 0.1) is 0 Å². The Kier molecular flexibility index (Phi) is 4.97. The highest BCUT2D eigenvalue weighted by Gasteiger charge is 2.27. The smallest absolute Gasteiger partial charge is 0.251 e. The van der Waals surface area contributed by atoms with E-state index in [0.29, 0.717) is 5.96 Å². The highest BCUT2D eigenvalue weighted by Crippen LogP contribution is 2.12. The maximum Gasteiger partial charge on any atom is 0.251 e. The van der Waals surface area contributed by atoms with Gasteiger partial charge in [0.05, 0.1) is 0 Å². The third kappa shape index (κ3) is 5.20. The van der Waals surface area contributed by atoms with Gasteiger partial charge >= 0.3 is 0 Å². The van der Waals surface area contributed by atoms with E-state index in [4.69, 9.17) is 0 Å². The first-order chi connectivity index (χ1) is 7.92. The van der Waals surface area contributed by atoms with Gasteiger partial charge in [0.2, 0.25) is 0 Å². The summed E-state index contributed by atoms with van der Waals surface area (Å²) in [7, 11) is 0. The molecule has 1 aliphatic rings. The molecule has 4 heteroatoms. The molecule has 0 aromatic heterocycles. The van der Waals surface area contributed by atoms with Crippen LogP contribution in [0.5, 0.6) is 0 Å². The first-order valence-electron chi connectivity index (χ1n) is 6.59. The van der Waals surface area contributed by atoms with E-state index in [9.17, 15) is 4.79 Å². The lowest BCUT2D eigenvalue weighted by atomic mass is 10.1. The minimum atomic E-state index is -0.184. The van der Waals surface area contributed by atoms with Crippen molar-refractivity contribution < 1.29 is 4.79 Å². The molecule has 0 aromatic carbocycles. The number of guanidine groups is 1. The van der Waals surface area contributed by atoms with Gasteiger partial charge in [-0.3, -0.25) is 10.1 Å². The molecule has 0 spiro atoms. The molecule has 0 bridgehead atoms. The zero-order valence-electron chi connectivity index (χ0n) is 11.5. The molecular weight excluding hydrogens is 214 g/mol. The van der Waals surface area contributed by atoms with E-state index in [-0.39, 0.29) is 17.5 Å². The van der Waals surface area contributed by atoms with E-state index >= 15 is 0 Å². The summed E-state index contributed by atoms with van der Waals surface area (Å²) in [6, 6.07) is -0.184. The van der Waals surface area contributed by atoms with Crippen molar-refractivity contribution in [2.75, 3.05) is 0 Å². The number of rotatable bonds is 5. The topological polar surface area (TPSA) is 53.5 Å². The quantitative estimate of drug-likeness (QED) is 0.723. The van der Waals surface area contributed by atoms with Crippen LogP contribution in [0.4, 0.5) is 0 Å². The summed E-state index contributed by atoms with van der Waals surface area (Å²) in [4.78, 5) is 16.1.